The summed E-state index contributed by atoms with van der Waals surface area (Å²) in [6.45, 7) is 2.29. The van der Waals surface area contributed by atoms with Crippen molar-refractivity contribution in [1.29, 1.82) is 0 Å². The van der Waals surface area contributed by atoms with Gasteiger partial charge in [-0.3, -0.25) is 0 Å². The van der Waals surface area contributed by atoms with E-state index in [2.05, 4.69) is 49.8 Å². The number of benzene rings is 1. The molecule has 0 saturated carbocycles. The molecule has 1 unspecified atom stereocenters. The maximum atomic E-state index is 2.40. The van der Waals surface area contributed by atoms with Crippen LogP contribution in [0.1, 0.15) is 88.4 Å². The number of hydrogen-bond donors (Lipinski definition) is 0. The second kappa shape index (κ2) is 13.0. The second-order valence-electron chi connectivity index (χ2n) is 6.75. The van der Waals surface area contributed by atoms with E-state index in [4.69, 9.17) is 0 Å². The van der Waals surface area contributed by atoms with E-state index in [9.17, 15) is 0 Å². The van der Waals surface area contributed by atoms with Crippen molar-refractivity contribution in [3.8, 4) is 0 Å². The molecule has 0 aliphatic heterocycles. The topological polar surface area (TPSA) is 0 Å². The number of rotatable bonds is 13. The Bertz CT molecular complexity index is 344. The number of hydrogen-bond acceptors (Lipinski definition) is 0. The molecule has 126 valence electrons. The zero-order valence-electron chi connectivity index (χ0n) is 15.2. The van der Waals surface area contributed by atoms with Gasteiger partial charge in [0.05, 0.1) is 12.5 Å². The Labute approximate surface area is 142 Å². The minimum Gasteiger partial charge on any atom is -0.0654 e. The molecule has 0 amide bonds. The molecule has 0 N–H and O–H groups in total. The molecule has 0 spiro atoms. The quantitative estimate of drug-likeness (QED) is 0.273. The fourth-order valence-corrected chi connectivity index (χ4v) is 4.50. The molecule has 1 aromatic carbocycles. The van der Waals surface area contributed by atoms with Crippen LogP contribution in [0.2, 0.25) is 0 Å². The van der Waals surface area contributed by atoms with E-state index in [-0.39, 0.29) is 0 Å². The normalized spacial score (nSPS) is 12.7. The molecular formula is C21H37S+. The van der Waals surface area contributed by atoms with E-state index in [0.29, 0.717) is 10.9 Å². The third-order valence-corrected chi connectivity index (χ3v) is 6.21. The predicted molar refractivity (Wildman–Crippen MR) is 105 cm³/mol. The first kappa shape index (κ1) is 19.6. The maximum absolute atomic E-state index is 2.40. The fraction of sp³-hybridized carbons (Fsp3) is 0.714. The highest BCUT2D eigenvalue weighted by molar-refractivity contribution is 7.95. The first-order valence-electron chi connectivity index (χ1n) is 9.37. The van der Waals surface area contributed by atoms with Crippen molar-refractivity contribution in [3.63, 3.8) is 0 Å². The number of unbranched alkanes of at least 4 members (excludes halogenated alkanes) is 9. The minimum absolute atomic E-state index is 0.482. The van der Waals surface area contributed by atoms with Gasteiger partial charge in [0, 0.05) is 5.56 Å². The molecular weight excluding hydrogens is 284 g/mol. The van der Waals surface area contributed by atoms with E-state index < -0.39 is 0 Å². The molecule has 0 heterocycles. The monoisotopic (exact) mass is 321 g/mol. The molecule has 1 rings (SSSR count). The molecule has 0 saturated heterocycles. The molecule has 0 radical (unpaired) electrons. The van der Waals surface area contributed by atoms with Crippen LogP contribution in [-0.4, -0.2) is 12.5 Å². The Kier molecular flexibility index (Phi) is 11.6. The third kappa shape index (κ3) is 8.88. The van der Waals surface area contributed by atoms with Crippen molar-refractivity contribution < 1.29 is 0 Å². The van der Waals surface area contributed by atoms with Crippen molar-refractivity contribution in [2.75, 3.05) is 12.5 Å². The molecule has 0 bridgehead atoms. The van der Waals surface area contributed by atoms with Crippen LogP contribution in [0, 0.1) is 0 Å². The van der Waals surface area contributed by atoms with Gasteiger partial charge in [-0.15, -0.1) is 0 Å². The summed E-state index contributed by atoms with van der Waals surface area (Å²) in [5, 5.41) is 0.773. The van der Waals surface area contributed by atoms with Crippen LogP contribution < -0.4 is 0 Å². The van der Waals surface area contributed by atoms with Gasteiger partial charge in [-0.2, -0.15) is 0 Å². The van der Waals surface area contributed by atoms with Crippen LogP contribution in [0.3, 0.4) is 0 Å². The summed E-state index contributed by atoms with van der Waals surface area (Å²) < 4.78 is 0. The summed E-state index contributed by atoms with van der Waals surface area (Å²) in [5.74, 6) is 0. The predicted octanol–water partition coefficient (Wildman–Crippen LogP) is 6.92. The smallest absolute Gasteiger partial charge is 0.0654 e. The Hall–Kier alpha value is -0.430. The summed E-state index contributed by atoms with van der Waals surface area (Å²) in [4.78, 5) is 0. The largest absolute Gasteiger partial charge is 0.142 e. The van der Waals surface area contributed by atoms with Crippen molar-refractivity contribution in [2.24, 2.45) is 0 Å². The van der Waals surface area contributed by atoms with Crippen molar-refractivity contribution in [2.45, 2.75) is 82.8 Å². The van der Waals surface area contributed by atoms with Crippen molar-refractivity contribution in [3.05, 3.63) is 35.9 Å². The average Bonchev–Trinajstić information content (AvgIpc) is 2.53. The molecule has 0 aliphatic carbocycles. The SMILES string of the molecule is CCCCCCCCCCCCC(c1ccccc1)[S+](C)C. The Morgan fingerprint density at radius 1 is 0.727 bits per heavy atom. The highest BCUT2D eigenvalue weighted by Gasteiger charge is 2.22. The molecule has 0 fully saturated rings. The zero-order chi connectivity index (χ0) is 16.0. The van der Waals surface area contributed by atoms with Gasteiger partial charge in [0.1, 0.15) is 5.25 Å². The van der Waals surface area contributed by atoms with E-state index in [0.717, 1.165) is 5.25 Å². The standard InChI is InChI=1S/C21H37S/c1-4-5-6-7-8-9-10-11-12-16-19-21(22(2)3)20-17-14-13-15-18-20/h13-15,17-18,21H,4-12,16,19H2,1-3H3/q+1. The van der Waals surface area contributed by atoms with Gasteiger partial charge < -0.3 is 0 Å². The van der Waals surface area contributed by atoms with Gasteiger partial charge in [0.15, 0.2) is 0 Å². The molecule has 1 heteroatoms. The summed E-state index contributed by atoms with van der Waals surface area (Å²) in [6, 6.07) is 11.1. The lowest BCUT2D eigenvalue weighted by Crippen LogP contribution is -2.10. The van der Waals surface area contributed by atoms with Crippen molar-refractivity contribution in [1.82, 2.24) is 0 Å². The average molecular weight is 322 g/mol. The van der Waals surface area contributed by atoms with Gasteiger partial charge in [0.2, 0.25) is 0 Å². The molecule has 1 aromatic rings. The second-order valence-corrected chi connectivity index (χ2v) is 9.08. The van der Waals surface area contributed by atoms with Crippen LogP contribution in [0.4, 0.5) is 0 Å². The van der Waals surface area contributed by atoms with Crippen LogP contribution >= 0.6 is 0 Å². The van der Waals surface area contributed by atoms with Gasteiger partial charge in [-0.25, -0.2) is 0 Å². The summed E-state index contributed by atoms with van der Waals surface area (Å²) in [5.41, 5.74) is 1.55. The van der Waals surface area contributed by atoms with Gasteiger partial charge in [0.25, 0.3) is 0 Å². The summed E-state index contributed by atoms with van der Waals surface area (Å²) in [7, 11) is 0.482. The van der Waals surface area contributed by atoms with E-state index in [1.165, 1.54) is 70.6 Å². The van der Waals surface area contributed by atoms with Gasteiger partial charge in [-0.1, -0.05) is 95.0 Å². The van der Waals surface area contributed by atoms with Crippen LogP contribution in [0.5, 0.6) is 0 Å². The summed E-state index contributed by atoms with van der Waals surface area (Å²) >= 11 is 0. The molecule has 0 nitrogen and oxygen atoms in total. The van der Waals surface area contributed by atoms with Crippen LogP contribution in [-0.2, 0) is 10.9 Å². The highest BCUT2D eigenvalue weighted by atomic mass is 32.2. The Morgan fingerprint density at radius 2 is 1.23 bits per heavy atom. The molecule has 0 aliphatic rings. The maximum Gasteiger partial charge on any atom is 0.142 e. The van der Waals surface area contributed by atoms with Crippen LogP contribution in [0.15, 0.2) is 30.3 Å². The fourth-order valence-electron chi connectivity index (χ4n) is 3.16. The van der Waals surface area contributed by atoms with Crippen LogP contribution in [0.25, 0.3) is 0 Å². The Balaban J connectivity index is 2.07. The van der Waals surface area contributed by atoms with E-state index in [1.807, 2.05) is 0 Å². The highest BCUT2D eigenvalue weighted by Crippen LogP contribution is 2.28. The lowest BCUT2D eigenvalue weighted by molar-refractivity contribution is 0.548. The third-order valence-electron chi connectivity index (χ3n) is 4.56. The van der Waals surface area contributed by atoms with Crippen molar-refractivity contribution >= 4 is 10.9 Å². The molecule has 0 aromatic heterocycles. The summed E-state index contributed by atoms with van der Waals surface area (Å²) in [6.07, 6.45) is 20.5. The minimum atomic E-state index is 0.482. The van der Waals surface area contributed by atoms with Gasteiger partial charge in [-0.05, 0) is 23.7 Å². The first-order valence-corrected chi connectivity index (χ1v) is 11.5. The lowest BCUT2D eigenvalue weighted by Gasteiger charge is -2.14. The molecule has 22 heavy (non-hydrogen) atoms. The molecule has 1 atom stereocenters. The lowest BCUT2D eigenvalue weighted by atomic mass is 10.0. The zero-order valence-corrected chi connectivity index (χ0v) is 16.0. The van der Waals surface area contributed by atoms with E-state index in [1.54, 1.807) is 5.56 Å². The van der Waals surface area contributed by atoms with E-state index >= 15 is 0 Å². The first-order chi connectivity index (χ1) is 10.8. The van der Waals surface area contributed by atoms with Gasteiger partial charge >= 0.3 is 0 Å². The Morgan fingerprint density at radius 3 is 1.73 bits per heavy atom.